The van der Waals surface area contributed by atoms with Gasteiger partial charge in [0.15, 0.2) is 0 Å². The van der Waals surface area contributed by atoms with Crippen molar-refractivity contribution in [2.45, 2.75) is 32.9 Å². The lowest BCUT2D eigenvalue weighted by atomic mass is 9.76. The molecule has 0 saturated carbocycles. The molecule has 0 aromatic heterocycles. The Morgan fingerprint density at radius 3 is 2.00 bits per heavy atom. The minimum atomic E-state index is -1.31. The van der Waals surface area contributed by atoms with Gasteiger partial charge in [0.05, 0.1) is 0 Å². The minimum Gasteiger partial charge on any atom is -0.327 e. The molecule has 0 aliphatic rings. The zero-order valence-corrected chi connectivity index (χ0v) is 7.65. The van der Waals surface area contributed by atoms with Gasteiger partial charge >= 0.3 is 0 Å². The number of rotatable bonds is 3. The lowest BCUT2D eigenvalue weighted by molar-refractivity contribution is 0.0410. The molecule has 1 nitrogen and oxygen atoms in total. The maximum absolute atomic E-state index is 13.8. The van der Waals surface area contributed by atoms with Crippen LogP contribution in [0.1, 0.15) is 27.2 Å². The average molecular weight is 159 g/mol. The van der Waals surface area contributed by atoms with E-state index in [1.54, 1.807) is 6.08 Å². The normalized spacial score (nSPS) is 17.5. The molecule has 11 heavy (non-hydrogen) atoms. The first-order valence-corrected chi connectivity index (χ1v) is 3.87. The quantitative estimate of drug-likeness (QED) is 0.628. The van der Waals surface area contributed by atoms with Crippen molar-refractivity contribution in [1.82, 2.24) is 0 Å². The fourth-order valence-electron chi connectivity index (χ4n) is 0.924. The van der Waals surface area contributed by atoms with Gasteiger partial charge in [-0.3, -0.25) is 0 Å². The fraction of sp³-hybridized carbons (Fsp3) is 0.778. The molecule has 0 amide bonds. The topological polar surface area (TPSA) is 26.0 Å². The molecule has 66 valence electrons. The van der Waals surface area contributed by atoms with Crippen LogP contribution in [0, 0.1) is 5.41 Å². The molecule has 0 spiro atoms. The lowest BCUT2D eigenvalue weighted by Gasteiger charge is -2.36. The highest BCUT2D eigenvalue weighted by molar-refractivity contribution is 4.96. The van der Waals surface area contributed by atoms with Gasteiger partial charge < -0.3 is 5.73 Å². The third-order valence-corrected chi connectivity index (χ3v) is 2.14. The summed E-state index contributed by atoms with van der Waals surface area (Å²) in [6.45, 7) is 9.12. The predicted molar refractivity (Wildman–Crippen MR) is 47.2 cm³/mol. The molecule has 0 fully saturated rings. The molecular weight excluding hydrogens is 141 g/mol. The van der Waals surface area contributed by atoms with Crippen LogP contribution in [0.3, 0.4) is 0 Å². The summed E-state index contributed by atoms with van der Waals surface area (Å²) in [5.74, 6) is 0. The van der Waals surface area contributed by atoms with Gasteiger partial charge in [-0.2, -0.15) is 0 Å². The summed E-state index contributed by atoms with van der Waals surface area (Å²) < 4.78 is 13.8. The summed E-state index contributed by atoms with van der Waals surface area (Å²) in [4.78, 5) is 0. The fourth-order valence-corrected chi connectivity index (χ4v) is 0.924. The Kier molecular flexibility index (Phi) is 3.24. The van der Waals surface area contributed by atoms with E-state index in [2.05, 4.69) is 6.58 Å². The van der Waals surface area contributed by atoms with Crippen molar-refractivity contribution >= 4 is 0 Å². The highest BCUT2D eigenvalue weighted by Gasteiger charge is 2.39. The molecule has 0 aliphatic carbocycles. The molecule has 2 heteroatoms. The first-order valence-electron chi connectivity index (χ1n) is 3.87. The van der Waals surface area contributed by atoms with Crippen LogP contribution in [0.15, 0.2) is 12.7 Å². The third-order valence-electron chi connectivity index (χ3n) is 2.14. The second kappa shape index (κ2) is 3.35. The van der Waals surface area contributed by atoms with Crippen molar-refractivity contribution < 1.29 is 4.39 Å². The molecule has 0 bridgehead atoms. The number of alkyl halides is 1. The summed E-state index contributed by atoms with van der Waals surface area (Å²) in [6.07, 6.45) is 1.91. The second-order valence-electron chi connectivity index (χ2n) is 3.91. The summed E-state index contributed by atoms with van der Waals surface area (Å²) in [5, 5.41) is 0. The van der Waals surface area contributed by atoms with Crippen molar-refractivity contribution in [1.29, 1.82) is 0 Å². The molecule has 1 unspecified atom stereocenters. The molecule has 0 rings (SSSR count). The highest BCUT2D eigenvalue weighted by Crippen LogP contribution is 2.36. The van der Waals surface area contributed by atoms with Crippen LogP contribution < -0.4 is 5.73 Å². The van der Waals surface area contributed by atoms with Crippen molar-refractivity contribution in [2.75, 3.05) is 6.54 Å². The van der Waals surface area contributed by atoms with E-state index in [0.29, 0.717) is 6.42 Å². The molecule has 2 N–H and O–H groups in total. The summed E-state index contributed by atoms with van der Waals surface area (Å²) >= 11 is 0. The Morgan fingerprint density at radius 1 is 1.45 bits per heavy atom. The Morgan fingerprint density at radius 2 is 1.91 bits per heavy atom. The molecule has 0 aromatic carbocycles. The number of halogens is 1. The zero-order valence-electron chi connectivity index (χ0n) is 7.65. The largest absolute Gasteiger partial charge is 0.327 e. The Bertz CT molecular complexity index is 137. The van der Waals surface area contributed by atoms with Crippen molar-refractivity contribution in [3.63, 3.8) is 0 Å². The summed E-state index contributed by atoms with van der Waals surface area (Å²) in [7, 11) is 0. The van der Waals surface area contributed by atoms with E-state index < -0.39 is 11.1 Å². The third kappa shape index (κ3) is 2.29. The molecule has 0 saturated heterocycles. The van der Waals surface area contributed by atoms with Gasteiger partial charge in [0, 0.05) is 13.0 Å². The minimum absolute atomic E-state index is 0.0581. The average Bonchev–Trinajstić information content (AvgIpc) is 1.86. The van der Waals surface area contributed by atoms with E-state index in [4.69, 9.17) is 5.73 Å². The van der Waals surface area contributed by atoms with Gasteiger partial charge in [-0.05, 0) is 5.41 Å². The SMILES string of the molecule is C=CCC(F)(CN)C(C)(C)C. The van der Waals surface area contributed by atoms with Crippen LogP contribution in [0.25, 0.3) is 0 Å². The van der Waals surface area contributed by atoms with Crippen LogP contribution in [-0.4, -0.2) is 12.2 Å². The van der Waals surface area contributed by atoms with Crippen molar-refractivity contribution in [3.05, 3.63) is 12.7 Å². The monoisotopic (exact) mass is 159 g/mol. The van der Waals surface area contributed by atoms with Gasteiger partial charge in [-0.1, -0.05) is 26.8 Å². The van der Waals surface area contributed by atoms with Gasteiger partial charge in [-0.25, -0.2) is 4.39 Å². The maximum Gasteiger partial charge on any atom is 0.131 e. The molecule has 0 radical (unpaired) electrons. The van der Waals surface area contributed by atoms with Crippen LogP contribution in [-0.2, 0) is 0 Å². The van der Waals surface area contributed by atoms with Gasteiger partial charge in [0.25, 0.3) is 0 Å². The Hall–Kier alpha value is -0.370. The van der Waals surface area contributed by atoms with Crippen molar-refractivity contribution in [2.24, 2.45) is 11.1 Å². The molecule has 0 aromatic rings. The number of nitrogens with two attached hydrogens (primary N) is 1. The predicted octanol–water partition coefficient (Wildman–Crippen LogP) is 2.28. The first kappa shape index (κ1) is 10.6. The van der Waals surface area contributed by atoms with Crippen LogP contribution >= 0.6 is 0 Å². The molecule has 0 heterocycles. The number of hydrogen-bond donors (Lipinski definition) is 1. The highest BCUT2D eigenvalue weighted by atomic mass is 19.1. The standard InChI is InChI=1S/C9H18FN/c1-5-6-9(10,7-11)8(2,3)4/h5H,1,6-7,11H2,2-4H3. The van der Waals surface area contributed by atoms with E-state index in [-0.39, 0.29) is 6.54 Å². The zero-order chi connectivity index (χ0) is 9.12. The number of allylic oxidation sites excluding steroid dienone is 1. The Labute approximate surface area is 68.5 Å². The molecular formula is C9H18FN. The lowest BCUT2D eigenvalue weighted by Crippen LogP contribution is -2.44. The van der Waals surface area contributed by atoms with Crippen LogP contribution in [0.4, 0.5) is 4.39 Å². The van der Waals surface area contributed by atoms with Crippen molar-refractivity contribution in [3.8, 4) is 0 Å². The first-order chi connectivity index (χ1) is 4.87. The second-order valence-corrected chi connectivity index (χ2v) is 3.91. The summed E-state index contributed by atoms with van der Waals surface area (Å²) in [5.41, 5.74) is 3.64. The maximum atomic E-state index is 13.8. The Balaban J connectivity index is 4.45. The van der Waals surface area contributed by atoms with Crippen LogP contribution in [0.5, 0.6) is 0 Å². The molecule has 1 atom stereocenters. The molecule has 0 aliphatic heterocycles. The van der Waals surface area contributed by atoms with E-state index >= 15 is 0 Å². The van der Waals surface area contributed by atoms with Gasteiger partial charge in [-0.15, -0.1) is 6.58 Å². The van der Waals surface area contributed by atoms with E-state index in [1.807, 2.05) is 20.8 Å². The number of hydrogen-bond acceptors (Lipinski definition) is 1. The van der Waals surface area contributed by atoms with Gasteiger partial charge in [0.2, 0.25) is 0 Å². The smallest absolute Gasteiger partial charge is 0.131 e. The van der Waals surface area contributed by atoms with Gasteiger partial charge in [0.1, 0.15) is 5.67 Å². The van der Waals surface area contributed by atoms with Crippen LogP contribution in [0.2, 0.25) is 0 Å². The van der Waals surface area contributed by atoms with E-state index in [9.17, 15) is 4.39 Å². The summed E-state index contributed by atoms with van der Waals surface area (Å²) in [6, 6.07) is 0. The van der Waals surface area contributed by atoms with E-state index in [0.717, 1.165) is 0 Å². The van der Waals surface area contributed by atoms with E-state index in [1.165, 1.54) is 0 Å².